The molecule has 6 nitrogen and oxygen atoms in total. The van der Waals surface area contributed by atoms with E-state index < -0.39 is 16.0 Å². The van der Waals surface area contributed by atoms with E-state index >= 15 is 0 Å². The van der Waals surface area contributed by atoms with Crippen molar-refractivity contribution in [3.63, 3.8) is 0 Å². The standard InChI is InChI=1S/C30H30FN3O3S/c1-22-11-7-8-14-26(22)29(24-12-5-4-6-13-24)32-30(35)25-19-17-23(18-20-25)21-34(38(36,37)33(2)3)28-16-10-9-15-27(28)31/h4-20,29H,21H2,1-3H3,(H,32,35)/t29-/m0/s1. The molecule has 0 aromatic heterocycles. The molecule has 1 amide bonds. The maximum Gasteiger partial charge on any atom is 0.303 e. The van der Waals surface area contributed by atoms with Crippen molar-refractivity contribution in [2.45, 2.75) is 19.5 Å². The molecule has 4 rings (SSSR count). The summed E-state index contributed by atoms with van der Waals surface area (Å²) in [5, 5.41) is 3.14. The Hall–Kier alpha value is -4.01. The van der Waals surface area contributed by atoms with Crippen molar-refractivity contribution in [3.8, 4) is 0 Å². The SMILES string of the molecule is Cc1ccccc1[C@@H](NC(=O)c1ccc(CN(c2ccccc2F)S(=O)(=O)N(C)C)cc1)c1ccccc1. The Kier molecular flexibility index (Phi) is 8.24. The Morgan fingerprint density at radius 3 is 2.08 bits per heavy atom. The summed E-state index contributed by atoms with van der Waals surface area (Å²) in [4.78, 5) is 13.3. The van der Waals surface area contributed by atoms with Crippen molar-refractivity contribution in [3.05, 3.63) is 137 Å². The number of rotatable bonds is 9. The van der Waals surface area contributed by atoms with Gasteiger partial charge in [0.1, 0.15) is 5.82 Å². The molecular weight excluding hydrogens is 501 g/mol. The van der Waals surface area contributed by atoms with Gasteiger partial charge in [0.25, 0.3) is 5.91 Å². The van der Waals surface area contributed by atoms with Crippen molar-refractivity contribution >= 4 is 21.8 Å². The first-order chi connectivity index (χ1) is 18.2. The van der Waals surface area contributed by atoms with E-state index in [0.29, 0.717) is 11.1 Å². The lowest BCUT2D eigenvalue weighted by molar-refractivity contribution is 0.0943. The molecule has 0 aliphatic heterocycles. The van der Waals surface area contributed by atoms with E-state index in [1.54, 1.807) is 30.3 Å². The number of hydrogen-bond acceptors (Lipinski definition) is 3. The van der Waals surface area contributed by atoms with Crippen LogP contribution in [0.1, 0.15) is 38.7 Å². The minimum atomic E-state index is -3.97. The quantitative estimate of drug-likeness (QED) is 0.312. The molecule has 38 heavy (non-hydrogen) atoms. The van der Waals surface area contributed by atoms with Gasteiger partial charge in [-0.25, -0.2) is 4.39 Å². The minimum absolute atomic E-state index is 0.0491. The normalized spacial score (nSPS) is 12.2. The molecule has 0 saturated carbocycles. The number of halogens is 1. The zero-order chi connectivity index (χ0) is 27.3. The fraction of sp³-hybridized carbons (Fsp3) is 0.167. The van der Waals surface area contributed by atoms with Crippen LogP contribution in [0.15, 0.2) is 103 Å². The van der Waals surface area contributed by atoms with E-state index in [-0.39, 0.29) is 24.2 Å². The third-order valence-electron chi connectivity index (χ3n) is 6.31. The molecule has 0 unspecified atom stereocenters. The number of anilines is 1. The third-order valence-corrected chi connectivity index (χ3v) is 8.12. The maximum atomic E-state index is 14.6. The van der Waals surface area contributed by atoms with E-state index in [1.807, 2.05) is 61.5 Å². The van der Waals surface area contributed by atoms with Gasteiger partial charge in [-0.2, -0.15) is 12.7 Å². The van der Waals surface area contributed by atoms with Crippen LogP contribution >= 0.6 is 0 Å². The van der Waals surface area contributed by atoms with Crippen LogP contribution in [0.4, 0.5) is 10.1 Å². The Balaban J connectivity index is 1.59. The van der Waals surface area contributed by atoms with Crippen LogP contribution in [-0.2, 0) is 16.8 Å². The molecule has 0 radical (unpaired) electrons. The van der Waals surface area contributed by atoms with E-state index in [4.69, 9.17) is 0 Å². The highest BCUT2D eigenvalue weighted by atomic mass is 32.2. The minimum Gasteiger partial charge on any atom is -0.341 e. The number of carbonyl (C=O) groups excluding carboxylic acids is 1. The number of benzene rings is 4. The van der Waals surface area contributed by atoms with Crippen LogP contribution in [0.2, 0.25) is 0 Å². The molecular formula is C30H30FN3O3S. The van der Waals surface area contributed by atoms with Crippen LogP contribution in [-0.4, -0.2) is 32.7 Å². The van der Waals surface area contributed by atoms with Crippen LogP contribution in [0.5, 0.6) is 0 Å². The second-order valence-electron chi connectivity index (χ2n) is 9.12. The number of carbonyl (C=O) groups is 1. The van der Waals surface area contributed by atoms with Crippen LogP contribution < -0.4 is 9.62 Å². The molecule has 0 fully saturated rings. The number of para-hydroxylation sites is 1. The number of nitrogens with zero attached hydrogens (tertiary/aromatic N) is 2. The predicted molar refractivity (Wildman–Crippen MR) is 149 cm³/mol. The van der Waals surface area contributed by atoms with Crippen molar-refractivity contribution < 1.29 is 17.6 Å². The summed E-state index contributed by atoms with van der Waals surface area (Å²) in [5.41, 5.74) is 4.00. The smallest absolute Gasteiger partial charge is 0.303 e. The Morgan fingerprint density at radius 1 is 0.842 bits per heavy atom. The molecule has 8 heteroatoms. The lowest BCUT2D eigenvalue weighted by Gasteiger charge is -2.28. The lowest BCUT2D eigenvalue weighted by atomic mass is 9.94. The highest BCUT2D eigenvalue weighted by Gasteiger charge is 2.27. The van der Waals surface area contributed by atoms with E-state index in [1.165, 1.54) is 32.3 Å². The average Bonchev–Trinajstić information content (AvgIpc) is 2.92. The van der Waals surface area contributed by atoms with Crippen LogP contribution in [0, 0.1) is 12.7 Å². The first-order valence-corrected chi connectivity index (χ1v) is 13.5. The summed E-state index contributed by atoms with van der Waals surface area (Å²) in [5.74, 6) is -0.905. The van der Waals surface area contributed by atoms with Crippen molar-refractivity contribution in [1.29, 1.82) is 0 Å². The summed E-state index contributed by atoms with van der Waals surface area (Å²) in [6.07, 6.45) is 0. The zero-order valence-electron chi connectivity index (χ0n) is 21.5. The van der Waals surface area contributed by atoms with Gasteiger partial charge in [-0.15, -0.1) is 0 Å². The largest absolute Gasteiger partial charge is 0.341 e. The molecule has 196 valence electrons. The molecule has 0 saturated heterocycles. The first kappa shape index (κ1) is 27.0. The zero-order valence-corrected chi connectivity index (χ0v) is 22.3. The lowest BCUT2D eigenvalue weighted by Crippen LogP contribution is -2.40. The van der Waals surface area contributed by atoms with Crippen molar-refractivity contribution in [1.82, 2.24) is 9.62 Å². The third kappa shape index (κ3) is 5.93. The summed E-state index contributed by atoms with van der Waals surface area (Å²) < 4.78 is 42.6. The maximum absolute atomic E-state index is 14.6. The van der Waals surface area contributed by atoms with Gasteiger partial charge in [0.15, 0.2) is 0 Å². The van der Waals surface area contributed by atoms with Gasteiger partial charge < -0.3 is 5.32 Å². The Bertz CT molecular complexity index is 1510. The summed E-state index contributed by atoms with van der Waals surface area (Å²) in [6.45, 7) is 1.91. The highest BCUT2D eigenvalue weighted by molar-refractivity contribution is 7.90. The second kappa shape index (κ2) is 11.6. The van der Waals surface area contributed by atoms with Crippen LogP contribution in [0.25, 0.3) is 0 Å². The van der Waals surface area contributed by atoms with Gasteiger partial charge in [0, 0.05) is 19.7 Å². The van der Waals surface area contributed by atoms with Gasteiger partial charge in [-0.1, -0.05) is 78.9 Å². The second-order valence-corrected chi connectivity index (χ2v) is 11.2. The van der Waals surface area contributed by atoms with Crippen molar-refractivity contribution in [2.75, 3.05) is 18.4 Å². The van der Waals surface area contributed by atoms with E-state index in [9.17, 15) is 17.6 Å². The fourth-order valence-corrected chi connectivity index (χ4v) is 5.28. The molecule has 0 bridgehead atoms. The van der Waals surface area contributed by atoms with Crippen molar-refractivity contribution in [2.24, 2.45) is 0 Å². The summed E-state index contributed by atoms with van der Waals surface area (Å²) >= 11 is 0. The fourth-order valence-electron chi connectivity index (χ4n) is 4.18. The monoisotopic (exact) mass is 531 g/mol. The number of aryl methyl sites for hydroxylation is 1. The van der Waals surface area contributed by atoms with Gasteiger partial charge in [0.2, 0.25) is 0 Å². The Morgan fingerprint density at radius 2 is 1.45 bits per heavy atom. The predicted octanol–water partition coefficient (Wildman–Crippen LogP) is 5.47. The van der Waals surface area contributed by atoms with Crippen LogP contribution in [0.3, 0.4) is 0 Å². The Labute approximate surface area is 223 Å². The molecule has 0 spiro atoms. The van der Waals surface area contributed by atoms with Gasteiger partial charge >= 0.3 is 10.2 Å². The first-order valence-electron chi connectivity index (χ1n) is 12.1. The summed E-state index contributed by atoms with van der Waals surface area (Å²) in [6, 6.07) is 29.7. The summed E-state index contributed by atoms with van der Waals surface area (Å²) in [7, 11) is -1.18. The van der Waals surface area contributed by atoms with E-state index in [0.717, 1.165) is 25.3 Å². The highest BCUT2D eigenvalue weighted by Crippen LogP contribution is 2.27. The molecule has 1 atom stereocenters. The molecule has 0 aliphatic carbocycles. The molecule has 4 aromatic rings. The number of hydrogen-bond donors (Lipinski definition) is 1. The average molecular weight is 532 g/mol. The molecule has 1 N–H and O–H groups in total. The molecule has 0 aliphatic rings. The topological polar surface area (TPSA) is 69.7 Å². The number of amides is 1. The molecule has 0 heterocycles. The van der Waals surface area contributed by atoms with Gasteiger partial charge in [-0.3, -0.25) is 9.10 Å². The van der Waals surface area contributed by atoms with Gasteiger partial charge in [-0.05, 0) is 53.4 Å². The van der Waals surface area contributed by atoms with E-state index in [2.05, 4.69) is 5.32 Å². The number of nitrogens with one attached hydrogen (secondary N) is 1. The van der Waals surface area contributed by atoms with Gasteiger partial charge in [0.05, 0.1) is 18.3 Å². The molecule has 4 aromatic carbocycles.